The number of carbonyl (C=O) groups is 1. The maximum Gasteiger partial charge on any atom is 0.410 e. The topological polar surface area (TPSA) is 61.8 Å². The average molecular weight is 346 g/mol. The summed E-state index contributed by atoms with van der Waals surface area (Å²) in [4.78, 5) is 13.9. The highest BCUT2D eigenvalue weighted by molar-refractivity contribution is 5.68. The Hall–Kier alpha value is -1.59. The van der Waals surface area contributed by atoms with Gasteiger partial charge < -0.3 is 20.1 Å². The lowest BCUT2D eigenvalue weighted by atomic mass is 9.95. The molecule has 1 unspecified atom stereocenters. The van der Waals surface area contributed by atoms with Crippen LogP contribution in [0, 0.1) is 0 Å². The Morgan fingerprint density at radius 2 is 2.00 bits per heavy atom. The lowest BCUT2D eigenvalue weighted by Crippen LogP contribution is -2.49. The highest BCUT2D eigenvalue weighted by Gasteiger charge is 2.37. The molecule has 5 heteroatoms. The first kappa shape index (κ1) is 18.2. The number of piperidine rings is 1. The Kier molecular flexibility index (Phi) is 5.07. The fourth-order valence-electron chi connectivity index (χ4n) is 3.76. The van der Waals surface area contributed by atoms with Gasteiger partial charge in [0.1, 0.15) is 11.2 Å². The number of aliphatic hydroxyl groups is 1. The van der Waals surface area contributed by atoms with Crippen LogP contribution in [0.3, 0.4) is 0 Å². The van der Waals surface area contributed by atoms with Gasteiger partial charge in [-0.15, -0.1) is 0 Å². The number of ether oxygens (including phenoxy) is 1. The minimum absolute atomic E-state index is 0.228. The maximum atomic E-state index is 12.1. The standard InChI is InChI=1S/C20H30N2O3/c1-19(2,3)25-18(23)22-12-9-16(10-13-22)21-14-20(24)11-8-15-6-4-5-7-17(15)20/h4-7,16,21,24H,8-14H2,1-3H3. The van der Waals surface area contributed by atoms with Gasteiger partial charge >= 0.3 is 6.09 Å². The predicted octanol–water partition coefficient (Wildman–Crippen LogP) is 2.81. The molecule has 0 radical (unpaired) electrons. The van der Waals surface area contributed by atoms with Crippen LogP contribution < -0.4 is 5.32 Å². The third-order valence-corrected chi connectivity index (χ3v) is 5.16. The molecule has 1 aromatic carbocycles. The van der Waals surface area contributed by atoms with Crippen LogP contribution in [-0.4, -0.2) is 47.4 Å². The molecule has 5 nitrogen and oxygen atoms in total. The predicted molar refractivity (Wildman–Crippen MR) is 97.5 cm³/mol. The van der Waals surface area contributed by atoms with Crippen molar-refractivity contribution < 1.29 is 14.6 Å². The molecular formula is C20H30N2O3. The largest absolute Gasteiger partial charge is 0.444 e. The first-order chi connectivity index (χ1) is 11.8. The second kappa shape index (κ2) is 6.96. The molecule has 1 amide bonds. The summed E-state index contributed by atoms with van der Waals surface area (Å²) in [7, 11) is 0. The van der Waals surface area contributed by atoms with Crippen LogP contribution in [-0.2, 0) is 16.8 Å². The lowest BCUT2D eigenvalue weighted by Gasteiger charge is -2.35. The molecule has 1 aliphatic carbocycles. The van der Waals surface area contributed by atoms with E-state index in [-0.39, 0.29) is 6.09 Å². The lowest BCUT2D eigenvalue weighted by molar-refractivity contribution is 0.0154. The van der Waals surface area contributed by atoms with Crippen molar-refractivity contribution in [1.82, 2.24) is 10.2 Å². The van der Waals surface area contributed by atoms with Crippen LogP contribution in [0.15, 0.2) is 24.3 Å². The van der Waals surface area contributed by atoms with Crippen molar-refractivity contribution in [3.05, 3.63) is 35.4 Å². The normalized spacial score (nSPS) is 24.2. The second-order valence-corrected chi connectivity index (χ2v) is 8.31. The van der Waals surface area contributed by atoms with Crippen LogP contribution in [0.2, 0.25) is 0 Å². The second-order valence-electron chi connectivity index (χ2n) is 8.31. The van der Waals surface area contributed by atoms with Crippen LogP contribution in [0.1, 0.15) is 51.2 Å². The van der Waals surface area contributed by atoms with Crippen molar-refractivity contribution in [2.24, 2.45) is 0 Å². The number of amides is 1. The van der Waals surface area contributed by atoms with E-state index < -0.39 is 11.2 Å². The SMILES string of the molecule is CC(C)(C)OC(=O)N1CCC(NCC2(O)CCc3ccccc32)CC1. The highest BCUT2D eigenvalue weighted by atomic mass is 16.6. The van der Waals surface area contributed by atoms with E-state index in [0.717, 1.165) is 31.2 Å². The van der Waals surface area contributed by atoms with Gasteiger partial charge in [-0.1, -0.05) is 24.3 Å². The molecule has 0 aromatic heterocycles. The van der Waals surface area contributed by atoms with Crippen molar-refractivity contribution in [2.75, 3.05) is 19.6 Å². The summed E-state index contributed by atoms with van der Waals surface area (Å²) >= 11 is 0. The van der Waals surface area contributed by atoms with Gasteiger partial charge in [0.15, 0.2) is 0 Å². The Balaban J connectivity index is 1.48. The molecule has 2 N–H and O–H groups in total. The van der Waals surface area contributed by atoms with Gasteiger partial charge in [-0.05, 0) is 57.6 Å². The molecule has 3 rings (SSSR count). The summed E-state index contributed by atoms with van der Waals surface area (Å²) in [5, 5.41) is 14.5. The Morgan fingerprint density at radius 1 is 1.32 bits per heavy atom. The Morgan fingerprint density at radius 3 is 2.68 bits per heavy atom. The number of likely N-dealkylation sites (tertiary alicyclic amines) is 1. The fourth-order valence-corrected chi connectivity index (χ4v) is 3.76. The highest BCUT2D eigenvalue weighted by Crippen LogP contribution is 2.36. The molecule has 1 atom stereocenters. The van der Waals surface area contributed by atoms with Gasteiger partial charge in [0, 0.05) is 25.7 Å². The third kappa shape index (κ3) is 4.33. The zero-order chi connectivity index (χ0) is 18.1. The smallest absolute Gasteiger partial charge is 0.410 e. The van der Waals surface area contributed by atoms with Crippen molar-refractivity contribution in [3.63, 3.8) is 0 Å². The van der Waals surface area contributed by atoms with E-state index in [9.17, 15) is 9.90 Å². The van der Waals surface area contributed by atoms with Crippen molar-refractivity contribution in [1.29, 1.82) is 0 Å². The number of carbonyl (C=O) groups excluding carboxylic acids is 1. The van der Waals surface area contributed by atoms with Crippen LogP contribution in [0.4, 0.5) is 4.79 Å². The summed E-state index contributed by atoms with van der Waals surface area (Å²) in [6.07, 6.45) is 3.25. The van der Waals surface area contributed by atoms with E-state index in [2.05, 4.69) is 11.4 Å². The number of nitrogens with one attached hydrogen (secondary N) is 1. The Bertz CT molecular complexity index is 618. The summed E-state index contributed by atoms with van der Waals surface area (Å²) in [5.41, 5.74) is 1.10. The molecule has 2 aliphatic rings. The third-order valence-electron chi connectivity index (χ3n) is 5.16. The van der Waals surface area contributed by atoms with Gasteiger partial charge in [-0.25, -0.2) is 4.79 Å². The number of nitrogens with zero attached hydrogens (tertiary/aromatic N) is 1. The summed E-state index contributed by atoms with van der Waals surface area (Å²) in [5.74, 6) is 0. The number of hydrogen-bond acceptors (Lipinski definition) is 4. The van der Waals surface area contributed by atoms with Gasteiger partial charge in [-0.3, -0.25) is 0 Å². The fraction of sp³-hybridized carbons (Fsp3) is 0.650. The number of fused-ring (bicyclic) bond motifs is 1. The van der Waals surface area contributed by atoms with E-state index in [4.69, 9.17) is 4.74 Å². The molecule has 25 heavy (non-hydrogen) atoms. The molecule has 0 bridgehead atoms. The molecule has 1 fully saturated rings. The monoisotopic (exact) mass is 346 g/mol. The molecule has 0 spiro atoms. The van der Waals surface area contributed by atoms with Gasteiger partial charge in [0.2, 0.25) is 0 Å². The van der Waals surface area contributed by atoms with Crippen LogP contribution >= 0.6 is 0 Å². The minimum atomic E-state index is -0.765. The maximum absolute atomic E-state index is 12.1. The minimum Gasteiger partial charge on any atom is -0.444 e. The van der Waals surface area contributed by atoms with Crippen LogP contribution in [0.5, 0.6) is 0 Å². The van der Waals surface area contributed by atoms with E-state index in [0.29, 0.717) is 25.7 Å². The number of benzene rings is 1. The molecular weight excluding hydrogens is 316 g/mol. The quantitative estimate of drug-likeness (QED) is 0.883. The number of hydrogen-bond donors (Lipinski definition) is 2. The number of rotatable bonds is 3. The summed E-state index contributed by atoms with van der Waals surface area (Å²) in [6.45, 7) is 7.63. The molecule has 1 saturated heterocycles. The summed E-state index contributed by atoms with van der Waals surface area (Å²) < 4.78 is 5.44. The van der Waals surface area contributed by atoms with Gasteiger partial charge in [0.05, 0.1) is 0 Å². The molecule has 1 heterocycles. The molecule has 0 saturated carbocycles. The van der Waals surface area contributed by atoms with Crippen molar-refractivity contribution in [3.8, 4) is 0 Å². The number of aryl methyl sites for hydroxylation is 1. The molecule has 1 aromatic rings. The van der Waals surface area contributed by atoms with Crippen molar-refractivity contribution >= 4 is 6.09 Å². The zero-order valence-electron chi connectivity index (χ0n) is 15.5. The van der Waals surface area contributed by atoms with Crippen molar-refractivity contribution in [2.45, 2.75) is 63.7 Å². The van der Waals surface area contributed by atoms with E-state index in [1.54, 1.807) is 4.90 Å². The zero-order valence-corrected chi connectivity index (χ0v) is 15.5. The van der Waals surface area contributed by atoms with E-state index in [1.165, 1.54) is 5.56 Å². The first-order valence-corrected chi connectivity index (χ1v) is 9.29. The van der Waals surface area contributed by atoms with Gasteiger partial charge in [0.25, 0.3) is 0 Å². The molecule has 138 valence electrons. The first-order valence-electron chi connectivity index (χ1n) is 9.29. The van der Waals surface area contributed by atoms with E-state index >= 15 is 0 Å². The molecule has 1 aliphatic heterocycles. The summed E-state index contributed by atoms with van der Waals surface area (Å²) in [6, 6.07) is 8.50. The Labute approximate surface area is 150 Å². The average Bonchev–Trinajstić information content (AvgIpc) is 2.90. The van der Waals surface area contributed by atoms with Gasteiger partial charge in [-0.2, -0.15) is 0 Å². The van der Waals surface area contributed by atoms with Crippen LogP contribution in [0.25, 0.3) is 0 Å². The van der Waals surface area contributed by atoms with E-state index in [1.807, 2.05) is 39.0 Å².